The molecular formula is C27H23N3O3S. The molecule has 0 aliphatic rings. The molecule has 6 nitrogen and oxygen atoms in total. The number of thioether (sulfide) groups is 1. The average Bonchev–Trinajstić information content (AvgIpc) is 2.91. The maximum Gasteiger partial charge on any atom is 0.333 e. The van der Waals surface area contributed by atoms with E-state index < -0.39 is 12.0 Å². The minimum Gasteiger partial charge on any atom is -0.467 e. The number of hydrogen-bond donors (Lipinski definition) is 1. The molecule has 0 bridgehead atoms. The molecule has 1 heterocycles. The molecule has 4 aromatic rings. The summed E-state index contributed by atoms with van der Waals surface area (Å²) in [7, 11) is 1.30. The number of methoxy groups -OCH3 is 1. The number of aromatic nitrogens is 2. The van der Waals surface area contributed by atoms with Gasteiger partial charge in [0, 0.05) is 11.1 Å². The van der Waals surface area contributed by atoms with Crippen LogP contribution in [0.4, 0.5) is 0 Å². The van der Waals surface area contributed by atoms with Crippen molar-refractivity contribution in [2.24, 2.45) is 0 Å². The van der Waals surface area contributed by atoms with Gasteiger partial charge in [-0.05, 0) is 11.6 Å². The molecule has 1 amide bonds. The third-order valence-electron chi connectivity index (χ3n) is 5.05. The van der Waals surface area contributed by atoms with E-state index in [0.717, 1.165) is 22.5 Å². The second-order valence-electron chi connectivity index (χ2n) is 7.38. The number of rotatable bonds is 8. The second-order valence-corrected chi connectivity index (χ2v) is 8.32. The summed E-state index contributed by atoms with van der Waals surface area (Å²) in [5, 5.41) is 3.23. The van der Waals surface area contributed by atoms with Crippen LogP contribution in [0.15, 0.2) is 102 Å². The Morgan fingerprint density at radius 1 is 0.824 bits per heavy atom. The Balaban J connectivity index is 1.55. The van der Waals surface area contributed by atoms with Gasteiger partial charge >= 0.3 is 5.97 Å². The van der Waals surface area contributed by atoms with Crippen LogP contribution >= 0.6 is 11.8 Å². The number of nitrogens with one attached hydrogen (secondary N) is 1. The van der Waals surface area contributed by atoms with Crippen molar-refractivity contribution in [1.29, 1.82) is 0 Å². The first-order valence-corrected chi connectivity index (χ1v) is 11.7. The maximum absolute atomic E-state index is 12.7. The van der Waals surface area contributed by atoms with Crippen molar-refractivity contribution in [2.45, 2.75) is 11.2 Å². The summed E-state index contributed by atoms with van der Waals surface area (Å²) in [5.74, 6) is -0.801. The lowest BCUT2D eigenvalue weighted by molar-refractivity contribution is -0.145. The Morgan fingerprint density at radius 2 is 1.32 bits per heavy atom. The third-order valence-corrected chi connectivity index (χ3v) is 5.90. The minimum atomic E-state index is -0.879. The predicted molar refractivity (Wildman–Crippen MR) is 133 cm³/mol. The molecule has 170 valence electrons. The van der Waals surface area contributed by atoms with E-state index in [9.17, 15) is 9.59 Å². The van der Waals surface area contributed by atoms with Gasteiger partial charge in [0.25, 0.3) is 0 Å². The van der Waals surface area contributed by atoms with E-state index in [2.05, 4.69) is 15.3 Å². The third kappa shape index (κ3) is 5.88. The van der Waals surface area contributed by atoms with E-state index in [-0.39, 0.29) is 11.7 Å². The zero-order valence-corrected chi connectivity index (χ0v) is 19.4. The zero-order chi connectivity index (χ0) is 23.8. The number of nitrogens with zero attached hydrogens (tertiary/aromatic N) is 2. The summed E-state index contributed by atoms with van der Waals surface area (Å²) in [5.41, 5.74) is 4.12. The summed E-state index contributed by atoms with van der Waals surface area (Å²) in [6.07, 6.45) is 0. The Kier molecular flexibility index (Phi) is 7.67. The molecule has 1 N–H and O–H groups in total. The fourth-order valence-corrected chi connectivity index (χ4v) is 4.05. The van der Waals surface area contributed by atoms with Crippen LogP contribution in [-0.2, 0) is 14.3 Å². The van der Waals surface area contributed by atoms with Gasteiger partial charge in [-0.25, -0.2) is 14.8 Å². The van der Waals surface area contributed by atoms with E-state index in [1.807, 2.05) is 72.8 Å². The van der Waals surface area contributed by atoms with Gasteiger partial charge in [0.2, 0.25) is 5.91 Å². The molecular weight excluding hydrogens is 446 g/mol. The van der Waals surface area contributed by atoms with Gasteiger partial charge in [-0.3, -0.25) is 4.79 Å². The molecule has 1 atom stereocenters. The highest BCUT2D eigenvalue weighted by Crippen LogP contribution is 2.27. The Labute approximate surface area is 202 Å². The fraction of sp³-hybridized carbons (Fsp3) is 0.111. The van der Waals surface area contributed by atoms with Crippen LogP contribution in [-0.4, -0.2) is 34.7 Å². The first-order valence-electron chi connectivity index (χ1n) is 10.7. The molecule has 0 aliphatic heterocycles. The van der Waals surface area contributed by atoms with Crippen molar-refractivity contribution in [3.63, 3.8) is 0 Å². The van der Waals surface area contributed by atoms with Crippen molar-refractivity contribution in [3.8, 4) is 22.5 Å². The zero-order valence-electron chi connectivity index (χ0n) is 18.5. The van der Waals surface area contributed by atoms with Crippen LogP contribution in [0.3, 0.4) is 0 Å². The van der Waals surface area contributed by atoms with Crippen LogP contribution < -0.4 is 5.32 Å². The molecule has 4 rings (SSSR count). The highest BCUT2D eigenvalue weighted by molar-refractivity contribution is 7.99. The van der Waals surface area contributed by atoms with E-state index in [1.165, 1.54) is 18.9 Å². The highest BCUT2D eigenvalue weighted by Gasteiger charge is 2.23. The number of benzene rings is 3. The number of carbonyl (C=O) groups is 2. The number of ether oxygens (including phenoxy) is 1. The largest absolute Gasteiger partial charge is 0.467 e. The smallest absolute Gasteiger partial charge is 0.333 e. The quantitative estimate of drug-likeness (QED) is 0.224. The first kappa shape index (κ1) is 23.2. The lowest BCUT2D eigenvalue weighted by atomic mass is 10.1. The molecule has 0 saturated carbocycles. The molecule has 0 aliphatic carbocycles. The highest BCUT2D eigenvalue weighted by atomic mass is 32.2. The van der Waals surface area contributed by atoms with E-state index >= 15 is 0 Å². The summed E-state index contributed by atoms with van der Waals surface area (Å²) in [4.78, 5) is 34.3. The van der Waals surface area contributed by atoms with Crippen LogP contribution in [0.2, 0.25) is 0 Å². The van der Waals surface area contributed by atoms with Crippen molar-refractivity contribution in [2.75, 3.05) is 12.9 Å². The Bertz CT molecular complexity index is 1190. The molecule has 7 heteroatoms. The van der Waals surface area contributed by atoms with Gasteiger partial charge in [0.05, 0.1) is 24.3 Å². The molecule has 0 fully saturated rings. The van der Waals surface area contributed by atoms with Gasteiger partial charge in [0.15, 0.2) is 11.2 Å². The minimum absolute atomic E-state index is 0.0484. The summed E-state index contributed by atoms with van der Waals surface area (Å²) in [6.45, 7) is 0. The van der Waals surface area contributed by atoms with Crippen LogP contribution in [0, 0.1) is 0 Å². The number of esters is 1. The molecule has 34 heavy (non-hydrogen) atoms. The fourth-order valence-electron chi connectivity index (χ4n) is 3.38. The maximum atomic E-state index is 12.7. The number of amides is 1. The Morgan fingerprint density at radius 3 is 1.82 bits per heavy atom. The summed E-state index contributed by atoms with van der Waals surface area (Å²) >= 11 is 1.22. The number of hydrogen-bond acceptors (Lipinski definition) is 6. The molecule has 3 aromatic carbocycles. The van der Waals surface area contributed by atoms with Crippen LogP contribution in [0.5, 0.6) is 0 Å². The van der Waals surface area contributed by atoms with Gasteiger partial charge < -0.3 is 10.1 Å². The molecule has 0 spiro atoms. The lowest BCUT2D eigenvalue weighted by Crippen LogP contribution is -2.35. The Hall–Kier alpha value is -3.97. The standard InChI is InChI=1S/C27H23N3O3S/c1-33-26(32)25(21-15-9-4-10-16-21)30-24(31)18-34-27-28-22(19-11-5-2-6-12-19)17-23(29-27)20-13-7-3-8-14-20/h2-17,25H,18H2,1H3,(H,30,31). The normalized spacial score (nSPS) is 11.4. The molecule has 0 saturated heterocycles. The van der Waals surface area contributed by atoms with E-state index in [0.29, 0.717) is 10.7 Å². The number of carbonyl (C=O) groups excluding carboxylic acids is 2. The monoisotopic (exact) mass is 469 g/mol. The topological polar surface area (TPSA) is 81.2 Å². The van der Waals surface area contributed by atoms with Crippen molar-refractivity contribution >= 4 is 23.6 Å². The molecule has 1 aromatic heterocycles. The summed E-state index contributed by atoms with van der Waals surface area (Å²) in [6, 6.07) is 29.7. The van der Waals surface area contributed by atoms with Gasteiger partial charge in [-0.1, -0.05) is 103 Å². The van der Waals surface area contributed by atoms with Gasteiger partial charge in [-0.15, -0.1) is 0 Å². The lowest BCUT2D eigenvalue weighted by Gasteiger charge is -2.16. The SMILES string of the molecule is COC(=O)C(NC(=O)CSc1nc(-c2ccccc2)cc(-c2ccccc2)n1)c1ccccc1. The predicted octanol–water partition coefficient (Wildman–Crippen LogP) is 4.93. The van der Waals surface area contributed by atoms with Gasteiger partial charge in [0.1, 0.15) is 0 Å². The van der Waals surface area contributed by atoms with E-state index in [1.54, 1.807) is 24.3 Å². The van der Waals surface area contributed by atoms with Gasteiger partial charge in [-0.2, -0.15) is 0 Å². The molecule has 1 unspecified atom stereocenters. The second kappa shape index (κ2) is 11.2. The summed E-state index contributed by atoms with van der Waals surface area (Å²) < 4.78 is 4.87. The molecule has 0 radical (unpaired) electrons. The first-order chi connectivity index (χ1) is 16.6. The van der Waals surface area contributed by atoms with Crippen LogP contribution in [0.1, 0.15) is 11.6 Å². The van der Waals surface area contributed by atoms with Crippen molar-refractivity contribution < 1.29 is 14.3 Å². The van der Waals surface area contributed by atoms with E-state index in [4.69, 9.17) is 4.74 Å². The van der Waals surface area contributed by atoms with Crippen molar-refractivity contribution in [1.82, 2.24) is 15.3 Å². The average molecular weight is 470 g/mol. The van der Waals surface area contributed by atoms with Crippen molar-refractivity contribution in [3.05, 3.63) is 103 Å². The van der Waals surface area contributed by atoms with Crippen LogP contribution in [0.25, 0.3) is 22.5 Å².